The molecule has 0 saturated carbocycles. The predicted octanol–water partition coefficient (Wildman–Crippen LogP) is 3.84. The molecule has 2 rings (SSSR count). The molecule has 4 heteroatoms. The summed E-state index contributed by atoms with van der Waals surface area (Å²) in [6.07, 6.45) is -1.06. The molecule has 0 amide bonds. The molecule has 22 heavy (non-hydrogen) atoms. The van der Waals surface area contributed by atoms with Crippen molar-refractivity contribution in [1.82, 2.24) is 0 Å². The summed E-state index contributed by atoms with van der Waals surface area (Å²) in [5.41, 5.74) is 0.933. The molecule has 0 spiro atoms. The van der Waals surface area contributed by atoms with Gasteiger partial charge in [0.25, 0.3) is 0 Å². The molecule has 0 saturated heterocycles. The molecule has 0 fully saturated rings. The molecule has 0 aliphatic heterocycles. The van der Waals surface area contributed by atoms with Crippen molar-refractivity contribution in [3.8, 4) is 5.75 Å². The van der Waals surface area contributed by atoms with Gasteiger partial charge in [-0.05, 0) is 24.6 Å². The summed E-state index contributed by atoms with van der Waals surface area (Å²) in [5.74, 6) is 0.789. The Morgan fingerprint density at radius 3 is 2.14 bits per heavy atom. The van der Waals surface area contributed by atoms with Crippen LogP contribution in [-0.4, -0.2) is 25.7 Å². The lowest BCUT2D eigenvalue weighted by Gasteiger charge is -2.27. The molecule has 2 atom stereocenters. The van der Waals surface area contributed by atoms with Gasteiger partial charge in [0.15, 0.2) is 12.2 Å². The Hall–Kier alpha value is -2.33. The Balaban J connectivity index is 2.30. The number of nitrogens with one attached hydrogen (secondary N) is 1. The first kappa shape index (κ1) is 16.0. The zero-order valence-corrected chi connectivity index (χ0v) is 12.9. The summed E-state index contributed by atoms with van der Waals surface area (Å²) in [7, 11) is 1.56. The molecule has 116 valence electrons. The van der Waals surface area contributed by atoms with Gasteiger partial charge in [-0.15, -0.1) is 0 Å². The quantitative estimate of drug-likeness (QED) is 0.624. The highest BCUT2D eigenvalue weighted by molar-refractivity contribution is 5.78. The first-order valence-electron chi connectivity index (χ1n) is 7.27. The van der Waals surface area contributed by atoms with E-state index in [0.717, 1.165) is 11.3 Å². The number of hydrogen-bond donors (Lipinski definition) is 1. The van der Waals surface area contributed by atoms with Crippen molar-refractivity contribution in [2.75, 3.05) is 13.7 Å². The average Bonchev–Trinajstić information content (AvgIpc) is 2.56. The van der Waals surface area contributed by atoms with E-state index in [2.05, 4.69) is 0 Å². The zero-order valence-electron chi connectivity index (χ0n) is 12.9. The monoisotopic (exact) mass is 299 g/mol. The normalized spacial score (nSPS) is 13.2. The van der Waals surface area contributed by atoms with Gasteiger partial charge in [0, 0.05) is 7.11 Å². The molecule has 0 radical (unpaired) electrons. The highest BCUT2D eigenvalue weighted by Crippen LogP contribution is 2.27. The highest BCUT2D eigenvalue weighted by atomic mass is 16.6. The Morgan fingerprint density at radius 1 is 1.00 bits per heavy atom. The molecule has 1 N–H and O–H groups in total. The molecule has 0 heterocycles. The number of ether oxygens (including phenoxy) is 3. The number of benzene rings is 2. The van der Waals surface area contributed by atoms with E-state index >= 15 is 0 Å². The van der Waals surface area contributed by atoms with E-state index in [9.17, 15) is 0 Å². The van der Waals surface area contributed by atoms with E-state index in [1.165, 1.54) is 0 Å². The van der Waals surface area contributed by atoms with Gasteiger partial charge in [0.2, 0.25) is 5.90 Å². The van der Waals surface area contributed by atoms with Gasteiger partial charge in [-0.2, -0.15) is 0 Å². The summed E-state index contributed by atoms with van der Waals surface area (Å²) in [4.78, 5) is 0. The van der Waals surface area contributed by atoms with E-state index in [1.54, 1.807) is 7.11 Å². The lowest BCUT2D eigenvalue weighted by molar-refractivity contribution is 0.0271. The van der Waals surface area contributed by atoms with E-state index < -0.39 is 12.2 Å². The molecule has 4 nitrogen and oxygen atoms in total. The summed E-state index contributed by atoms with van der Waals surface area (Å²) < 4.78 is 16.9. The van der Waals surface area contributed by atoms with Crippen LogP contribution >= 0.6 is 0 Å². The van der Waals surface area contributed by atoms with Gasteiger partial charge < -0.3 is 14.2 Å². The predicted molar refractivity (Wildman–Crippen MR) is 86.4 cm³/mol. The van der Waals surface area contributed by atoms with Crippen LogP contribution in [0.15, 0.2) is 60.7 Å². The van der Waals surface area contributed by atoms with Crippen molar-refractivity contribution >= 4 is 5.90 Å². The summed E-state index contributed by atoms with van der Waals surface area (Å²) >= 11 is 0. The second kappa shape index (κ2) is 8.20. The summed E-state index contributed by atoms with van der Waals surface area (Å²) in [5, 5.41) is 8.06. The molecule has 2 aromatic carbocycles. The van der Waals surface area contributed by atoms with Crippen LogP contribution < -0.4 is 4.74 Å². The van der Waals surface area contributed by atoms with Crippen LogP contribution in [0, 0.1) is 5.41 Å². The Labute approximate surface area is 131 Å². The Bertz CT molecular complexity index is 571. The topological polar surface area (TPSA) is 51.5 Å². The van der Waals surface area contributed by atoms with Gasteiger partial charge in [-0.3, -0.25) is 5.41 Å². The van der Waals surface area contributed by atoms with Crippen molar-refractivity contribution in [3.63, 3.8) is 0 Å². The second-order valence-corrected chi connectivity index (χ2v) is 4.72. The van der Waals surface area contributed by atoms with E-state index in [-0.39, 0.29) is 5.90 Å². The Morgan fingerprint density at radius 2 is 1.59 bits per heavy atom. The maximum Gasteiger partial charge on any atom is 0.214 e. The Kier molecular flexibility index (Phi) is 5.98. The third kappa shape index (κ3) is 4.09. The molecule has 0 unspecified atom stereocenters. The van der Waals surface area contributed by atoms with Gasteiger partial charge in [-0.1, -0.05) is 48.5 Å². The SMILES string of the molecule is CCOC(=N)[C@H](OC)[C@@H](Oc1ccccc1)c1ccccc1. The molecule has 2 aromatic rings. The first-order valence-corrected chi connectivity index (χ1v) is 7.27. The lowest BCUT2D eigenvalue weighted by Crippen LogP contribution is -2.34. The van der Waals surface area contributed by atoms with Crippen LogP contribution in [-0.2, 0) is 9.47 Å². The molecular weight excluding hydrogens is 278 g/mol. The number of rotatable bonds is 7. The largest absolute Gasteiger partial charge is 0.482 e. The minimum absolute atomic E-state index is 0.0646. The molecule has 0 aromatic heterocycles. The van der Waals surface area contributed by atoms with Crippen molar-refractivity contribution < 1.29 is 14.2 Å². The van der Waals surface area contributed by atoms with Crippen LogP contribution in [0.5, 0.6) is 5.75 Å². The fourth-order valence-corrected chi connectivity index (χ4v) is 2.20. The smallest absolute Gasteiger partial charge is 0.214 e. The number of hydrogen-bond acceptors (Lipinski definition) is 4. The number of methoxy groups -OCH3 is 1. The third-order valence-corrected chi connectivity index (χ3v) is 3.22. The molecule has 0 aliphatic carbocycles. The minimum atomic E-state index is -0.609. The maximum absolute atomic E-state index is 8.06. The molecular formula is C18H21NO3. The standard InChI is InChI=1S/C18H21NO3/c1-3-21-18(19)17(20-2)16(14-10-6-4-7-11-14)22-15-12-8-5-9-13-15/h4-13,16-17,19H,3H2,1-2H3/t16-,17+/m0/s1. The third-order valence-electron chi connectivity index (χ3n) is 3.22. The van der Waals surface area contributed by atoms with Crippen LogP contribution in [0.3, 0.4) is 0 Å². The van der Waals surface area contributed by atoms with E-state index in [0.29, 0.717) is 6.61 Å². The van der Waals surface area contributed by atoms with Crippen LogP contribution in [0.25, 0.3) is 0 Å². The number of para-hydroxylation sites is 1. The van der Waals surface area contributed by atoms with Crippen LogP contribution in [0.4, 0.5) is 0 Å². The van der Waals surface area contributed by atoms with Crippen molar-refractivity contribution in [2.45, 2.75) is 19.1 Å². The van der Waals surface area contributed by atoms with Gasteiger partial charge >= 0.3 is 0 Å². The zero-order chi connectivity index (χ0) is 15.8. The fourth-order valence-electron chi connectivity index (χ4n) is 2.20. The van der Waals surface area contributed by atoms with Gasteiger partial charge in [0.05, 0.1) is 6.61 Å². The first-order chi connectivity index (χ1) is 10.8. The van der Waals surface area contributed by atoms with Crippen molar-refractivity contribution in [2.24, 2.45) is 0 Å². The second-order valence-electron chi connectivity index (χ2n) is 4.72. The van der Waals surface area contributed by atoms with Crippen molar-refractivity contribution in [1.29, 1.82) is 5.41 Å². The van der Waals surface area contributed by atoms with E-state index in [1.807, 2.05) is 67.6 Å². The van der Waals surface area contributed by atoms with Crippen molar-refractivity contribution in [3.05, 3.63) is 66.2 Å². The lowest BCUT2D eigenvalue weighted by atomic mass is 10.0. The molecule has 0 aliphatic rings. The van der Waals surface area contributed by atoms with Gasteiger partial charge in [0.1, 0.15) is 5.75 Å². The maximum atomic E-state index is 8.06. The van der Waals surface area contributed by atoms with Crippen LogP contribution in [0.2, 0.25) is 0 Å². The summed E-state index contributed by atoms with van der Waals surface area (Å²) in [6, 6.07) is 19.2. The highest BCUT2D eigenvalue weighted by Gasteiger charge is 2.30. The average molecular weight is 299 g/mol. The fraction of sp³-hybridized carbons (Fsp3) is 0.278. The van der Waals surface area contributed by atoms with Gasteiger partial charge in [-0.25, -0.2) is 0 Å². The van der Waals surface area contributed by atoms with Crippen LogP contribution in [0.1, 0.15) is 18.6 Å². The minimum Gasteiger partial charge on any atom is -0.482 e. The molecule has 0 bridgehead atoms. The summed E-state index contributed by atoms with van der Waals surface area (Å²) in [6.45, 7) is 2.27. The van der Waals surface area contributed by atoms with E-state index in [4.69, 9.17) is 19.6 Å².